The molecule has 1 saturated heterocycles. The molecule has 32 heavy (non-hydrogen) atoms. The van der Waals surface area contributed by atoms with E-state index in [0.29, 0.717) is 24.7 Å². The minimum Gasteiger partial charge on any atom is -0.338 e. The zero-order valence-electron chi connectivity index (χ0n) is 19.0. The highest BCUT2D eigenvalue weighted by Crippen LogP contribution is 2.27. The summed E-state index contributed by atoms with van der Waals surface area (Å²) >= 11 is 0. The molecule has 1 atom stereocenters. The monoisotopic (exact) mass is 431 g/mol. The first-order valence-electron chi connectivity index (χ1n) is 10.9. The van der Waals surface area contributed by atoms with Gasteiger partial charge in [-0.2, -0.15) is 9.78 Å². The molecule has 0 bridgehead atoms. The summed E-state index contributed by atoms with van der Waals surface area (Å²) in [5, 5.41) is 7.68. The fourth-order valence-corrected chi connectivity index (χ4v) is 3.73. The van der Waals surface area contributed by atoms with E-state index in [-0.39, 0.29) is 23.7 Å². The molecule has 3 aromatic rings. The van der Waals surface area contributed by atoms with Gasteiger partial charge in [0.2, 0.25) is 11.8 Å². The molecule has 7 nitrogen and oxygen atoms in total. The number of aromatic nitrogens is 3. The Morgan fingerprint density at radius 1 is 1.16 bits per heavy atom. The van der Waals surface area contributed by atoms with Gasteiger partial charge in [-0.05, 0) is 24.6 Å². The topological polar surface area (TPSA) is 80.1 Å². The minimum absolute atomic E-state index is 0.000612. The quantitative estimate of drug-likeness (QED) is 0.665. The highest BCUT2D eigenvalue weighted by Gasteiger charge is 2.35. The van der Waals surface area contributed by atoms with E-state index in [9.17, 15) is 9.59 Å². The number of carbonyl (C=O) groups excluding carboxylic acids is 2. The van der Waals surface area contributed by atoms with Gasteiger partial charge in [0.1, 0.15) is 5.82 Å². The van der Waals surface area contributed by atoms with Gasteiger partial charge in [-0.1, -0.05) is 56.7 Å². The van der Waals surface area contributed by atoms with Gasteiger partial charge in [0.25, 0.3) is 0 Å². The van der Waals surface area contributed by atoms with E-state index in [0.717, 1.165) is 11.3 Å². The molecule has 0 spiro atoms. The van der Waals surface area contributed by atoms with E-state index < -0.39 is 5.92 Å². The number of nitrogens with zero attached hydrogens (tertiary/aromatic N) is 4. The molecule has 1 unspecified atom stereocenters. The first-order chi connectivity index (χ1) is 15.2. The molecule has 2 aromatic heterocycles. The summed E-state index contributed by atoms with van der Waals surface area (Å²) in [6, 6.07) is 15.6. The lowest BCUT2D eigenvalue weighted by molar-refractivity contribution is -0.128. The van der Waals surface area contributed by atoms with Gasteiger partial charge in [-0.3, -0.25) is 9.59 Å². The number of hydrogen-bond acceptors (Lipinski definition) is 4. The van der Waals surface area contributed by atoms with Crippen LogP contribution in [0.4, 0.5) is 5.82 Å². The molecule has 1 fully saturated rings. The summed E-state index contributed by atoms with van der Waals surface area (Å²) in [4.78, 5) is 31.8. The van der Waals surface area contributed by atoms with Crippen molar-refractivity contribution in [3.05, 3.63) is 71.5 Å². The summed E-state index contributed by atoms with van der Waals surface area (Å²) in [5.74, 6) is 0.601. The summed E-state index contributed by atoms with van der Waals surface area (Å²) < 4.78 is 1.65. The predicted molar refractivity (Wildman–Crippen MR) is 123 cm³/mol. The van der Waals surface area contributed by atoms with Gasteiger partial charge in [0, 0.05) is 37.2 Å². The maximum absolute atomic E-state index is 13.1. The molecule has 1 N–H and O–H groups in total. The van der Waals surface area contributed by atoms with E-state index in [2.05, 4.69) is 36.2 Å². The number of nitrogens with one attached hydrogen (secondary N) is 1. The van der Waals surface area contributed by atoms with E-state index in [1.165, 1.54) is 5.56 Å². The van der Waals surface area contributed by atoms with Crippen molar-refractivity contribution in [2.24, 2.45) is 5.92 Å². The smallest absolute Gasteiger partial charge is 0.230 e. The van der Waals surface area contributed by atoms with Crippen molar-refractivity contribution in [1.82, 2.24) is 19.7 Å². The molecule has 4 rings (SSSR count). The molecule has 1 aromatic carbocycles. The van der Waals surface area contributed by atoms with Crippen LogP contribution in [0.15, 0.2) is 54.7 Å². The van der Waals surface area contributed by atoms with Gasteiger partial charge in [0.15, 0.2) is 5.82 Å². The van der Waals surface area contributed by atoms with Crippen LogP contribution in [-0.4, -0.2) is 38.0 Å². The van der Waals surface area contributed by atoms with Gasteiger partial charge in [0.05, 0.1) is 11.6 Å². The minimum atomic E-state index is -0.405. The number of carbonyl (C=O) groups is 2. The maximum Gasteiger partial charge on any atom is 0.230 e. The molecule has 1 aliphatic rings. The molecule has 7 heteroatoms. The van der Waals surface area contributed by atoms with Gasteiger partial charge >= 0.3 is 0 Å². The first-order valence-corrected chi connectivity index (χ1v) is 10.9. The zero-order valence-corrected chi connectivity index (χ0v) is 19.0. The van der Waals surface area contributed by atoms with Gasteiger partial charge < -0.3 is 10.2 Å². The average Bonchev–Trinajstić information content (AvgIpc) is 3.34. The number of anilines is 1. The lowest BCUT2D eigenvalue weighted by atomic mass is 9.92. The number of amides is 2. The highest BCUT2D eigenvalue weighted by atomic mass is 16.2. The fourth-order valence-electron chi connectivity index (χ4n) is 3.73. The normalized spacial score (nSPS) is 16.4. The second-order valence-corrected chi connectivity index (χ2v) is 9.41. The fraction of sp³-hybridized carbons (Fsp3) is 0.360. The molecule has 3 heterocycles. The highest BCUT2D eigenvalue weighted by molar-refractivity contribution is 5.96. The second kappa shape index (κ2) is 8.57. The third-order valence-corrected chi connectivity index (χ3v) is 5.67. The van der Waals surface area contributed by atoms with E-state index in [4.69, 9.17) is 0 Å². The summed E-state index contributed by atoms with van der Waals surface area (Å²) in [6.45, 7) is 9.17. The summed E-state index contributed by atoms with van der Waals surface area (Å²) in [5.41, 5.74) is 2.90. The Bertz CT molecular complexity index is 1110. The number of hydrogen-bond donors (Lipinski definition) is 1. The molecule has 0 saturated carbocycles. The second-order valence-electron chi connectivity index (χ2n) is 9.41. The molecule has 166 valence electrons. The molecule has 1 aliphatic heterocycles. The van der Waals surface area contributed by atoms with Crippen molar-refractivity contribution >= 4 is 17.6 Å². The third kappa shape index (κ3) is 4.72. The Kier molecular flexibility index (Phi) is 5.82. The van der Waals surface area contributed by atoms with Crippen LogP contribution < -0.4 is 5.32 Å². The number of pyridine rings is 1. The van der Waals surface area contributed by atoms with Crippen LogP contribution in [0.5, 0.6) is 0 Å². The van der Waals surface area contributed by atoms with Gasteiger partial charge in [-0.15, -0.1) is 0 Å². The van der Waals surface area contributed by atoms with E-state index in [1.807, 2.05) is 55.5 Å². The lowest BCUT2D eigenvalue weighted by Gasteiger charge is -2.17. The van der Waals surface area contributed by atoms with Crippen molar-refractivity contribution in [1.29, 1.82) is 0 Å². The lowest BCUT2D eigenvalue weighted by Crippen LogP contribution is -2.28. The van der Waals surface area contributed by atoms with Crippen molar-refractivity contribution in [2.75, 3.05) is 11.9 Å². The Labute approximate surface area is 188 Å². The first kappa shape index (κ1) is 21.7. The van der Waals surface area contributed by atoms with Crippen LogP contribution in [-0.2, 0) is 21.5 Å². The van der Waals surface area contributed by atoms with E-state index in [1.54, 1.807) is 15.8 Å². The van der Waals surface area contributed by atoms with Crippen molar-refractivity contribution in [2.45, 2.75) is 46.1 Å². The SMILES string of the molecule is Cc1ccc(CN2CC(C(=O)Nc3cc(C(C)(C)C)nn3-c3ccccn3)CC2=O)cc1. The largest absolute Gasteiger partial charge is 0.338 e. The van der Waals surface area contributed by atoms with Crippen molar-refractivity contribution in [3.63, 3.8) is 0 Å². The van der Waals surface area contributed by atoms with Crippen LogP contribution in [0, 0.1) is 12.8 Å². The molecule has 2 amide bonds. The van der Waals surface area contributed by atoms with E-state index >= 15 is 0 Å². The van der Waals surface area contributed by atoms with Crippen molar-refractivity contribution in [3.8, 4) is 5.82 Å². The van der Waals surface area contributed by atoms with Crippen molar-refractivity contribution < 1.29 is 9.59 Å². The Morgan fingerprint density at radius 2 is 1.91 bits per heavy atom. The Morgan fingerprint density at radius 3 is 2.56 bits per heavy atom. The van der Waals surface area contributed by atoms with Crippen LogP contribution >= 0.6 is 0 Å². The molecular weight excluding hydrogens is 402 g/mol. The summed E-state index contributed by atoms with van der Waals surface area (Å²) in [7, 11) is 0. The number of aryl methyl sites for hydroxylation is 1. The number of rotatable bonds is 5. The van der Waals surface area contributed by atoms with Crippen LogP contribution in [0.25, 0.3) is 5.82 Å². The Balaban J connectivity index is 1.51. The predicted octanol–water partition coefficient (Wildman–Crippen LogP) is 3.86. The van der Waals surface area contributed by atoms with Crippen LogP contribution in [0.2, 0.25) is 0 Å². The Hall–Kier alpha value is -3.48. The molecule has 0 radical (unpaired) electrons. The number of benzene rings is 1. The van der Waals surface area contributed by atoms with Crippen LogP contribution in [0.1, 0.15) is 44.0 Å². The number of likely N-dealkylation sites (tertiary alicyclic amines) is 1. The summed E-state index contributed by atoms with van der Waals surface area (Å²) in [6.07, 6.45) is 1.90. The van der Waals surface area contributed by atoms with Gasteiger partial charge in [-0.25, -0.2) is 4.98 Å². The average molecular weight is 432 g/mol. The maximum atomic E-state index is 13.1. The molecule has 0 aliphatic carbocycles. The standard InChI is InChI=1S/C25H29N5O2/c1-17-8-10-18(11-9-17)15-29-16-19(13-23(29)31)24(32)27-22-14-20(25(2,3)4)28-30(22)21-7-5-6-12-26-21/h5-12,14,19H,13,15-16H2,1-4H3,(H,27,32). The molecular formula is C25H29N5O2. The zero-order chi connectivity index (χ0) is 22.9. The third-order valence-electron chi connectivity index (χ3n) is 5.67. The van der Waals surface area contributed by atoms with Crippen LogP contribution in [0.3, 0.4) is 0 Å².